The Kier molecular flexibility index (Phi) is 7.23. The van der Waals surface area contributed by atoms with Crippen molar-refractivity contribution in [3.63, 3.8) is 0 Å². The highest BCUT2D eigenvalue weighted by Crippen LogP contribution is 2.32. The SMILES string of the molecule is Cn1c(C(C)(C)C)c/c(=N\C(=O)c2cc(C(F)(F)F)ccc2CCC(C)(C)O)n1CC1CCC1. The molecule has 1 aromatic heterocycles. The predicted molar refractivity (Wildman–Crippen MR) is 125 cm³/mol. The first-order chi connectivity index (χ1) is 15.6. The second kappa shape index (κ2) is 9.36. The van der Waals surface area contributed by atoms with Crippen molar-refractivity contribution >= 4 is 5.91 Å². The Hall–Kier alpha value is -2.35. The summed E-state index contributed by atoms with van der Waals surface area (Å²) in [7, 11) is 1.93. The van der Waals surface area contributed by atoms with E-state index in [2.05, 4.69) is 25.8 Å². The molecule has 2 aromatic rings. The summed E-state index contributed by atoms with van der Waals surface area (Å²) in [5, 5.41) is 10.1. The smallest absolute Gasteiger partial charge is 0.390 e. The molecule has 0 atom stereocenters. The largest absolute Gasteiger partial charge is 0.416 e. The Morgan fingerprint density at radius 1 is 1.12 bits per heavy atom. The number of amides is 1. The quantitative estimate of drug-likeness (QED) is 0.604. The number of aliphatic hydroxyl groups is 1. The average molecular weight is 480 g/mol. The van der Waals surface area contributed by atoms with Crippen LogP contribution in [-0.2, 0) is 31.6 Å². The van der Waals surface area contributed by atoms with Gasteiger partial charge in [0.1, 0.15) is 0 Å². The van der Waals surface area contributed by atoms with Gasteiger partial charge in [-0.05, 0) is 63.1 Å². The molecular weight excluding hydrogens is 443 g/mol. The van der Waals surface area contributed by atoms with E-state index in [0.29, 0.717) is 29.9 Å². The van der Waals surface area contributed by atoms with Crippen LogP contribution in [0.4, 0.5) is 13.2 Å². The fourth-order valence-corrected chi connectivity index (χ4v) is 4.28. The molecule has 0 unspecified atom stereocenters. The summed E-state index contributed by atoms with van der Waals surface area (Å²) in [6.45, 7) is 10.2. The van der Waals surface area contributed by atoms with Crippen molar-refractivity contribution in [2.24, 2.45) is 18.0 Å². The maximum absolute atomic E-state index is 13.4. The van der Waals surface area contributed by atoms with Crippen molar-refractivity contribution in [1.29, 1.82) is 0 Å². The van der Waals surface area contributed by atoms with Gasteiger partial charge in [0.05, 0.1) is 11.2 Å². The number of nitrogens with zero attached hydrogens (tertiary/aromatic N) is 3. The van der Waals surface area contributed by atoms with Crippen molar-refractivity contribution in [1.82, 2.24) is 9.36 Å². The van der Waals surface area contributed by atoms with Crippen molar-refractivity contribution in [3.05, 3.63) is 52.1 Å². The number of carbonyl (C=O) groups is 1. The summed E-state index contributed by atoms with van der Waals surface area (Å²) >= 11 is 0. The van der Waals surface area contributed by atoms with Crippen LogP contribution in [0.5, 0.6) is 0 Å². The van der Waals surface area contributed by atoms with Crippen LogP contribution in [0.25, 0.3) is 0 Å². The van der Waals surface area contributed by atoms with Gasteiger partial charge in [0.15, 0.2) is 5.49 Å². The average Bonchev–Trinajstić information content (AvgIpc) is 2.97. The van der Waals surface area contributed by atoms with Crippen LogP contribution in [0.15, 0.2) is 29.3 Å². The van der Waals surface area contributed by atoms with Crippen molar-refractivity contribution < 1.29 is 23.1 Å². The molecule has 188 valence electrons. The Morgan fingerprint density at radius 2 is 1.76 bits per heavy atom. The Balaban J connectivity index is 2.10. The van der Waals surface area contributed by atoms with Crippen LogP contribution in [0.1, 0.15) is 87.5 Å². The molecule has 1 saturated carbocycles. The number of benzene rings is 1. The summed E-state index contributed by atoms with van der Waals surface area (Å²) in [6, 6.07) is 5.05. The van der Waals surface area contributed by atoms with Gasteiger partial charge < -0.3 is 5.11 Å². The lowest BCUT2D eigenvalue weighted by Crippen LogP contribution is -2.30. The third kappa shape index (κ3) is 6.20. The molecule has 0 saturated heterocycles. The number of rotatable bonds is 6. The summed E-state index contributed by atoms with van der Waals surface area (Å²) < 4.78 is 44.2. The number of halogens is 3. The number of aromatic nitrogens is 2. The first kappa shape index (κ1) is 26.3. The molecule has 5 nitrogen and oxygen atoms in total. The molecule has 34 heavy (non-hydrogen) atoms. The predicted octanol–water partition coefficient (Wildman–Crippen LogP) is 5.39. The fraction of sp³-hybridized carbons (Fsp3) is 0.615. The molecule has 1 amide bonds. The maximum atomic E-state index is 13.4. The summed E-state index contributed by atoms with van der Waals surface area (Å²) in [5.41, 5.74) is -0.269. The van der Waals surface area contributed by atoms with Gasteiger partial charge in [0.25, 0.3) is 5.91 Å². The lowest BCUT2D eigenvalue weighted by Gasteiger charge is -2.27. The van der Waals surface area contributed by atoms with Gasteiger partial charge in [-0.15, -0.1) is 0 Å². The van der Waals surface area contributed by atoms with Crippen molar-refractivity contribution in [2.75, 3.05) is 0 Å². The van der Waals surface area contributed by atoms with Gasteiger partial charge in [0, 0.05) is 36.3 Å². The van der Waals surface area contributed by atoms with Gasteiger partial charge in [-0.25, -0.2) is 0 Å². The molecule has 1 aliphatic carbocycles. The molecular formula is C26H36F3N3O2. The standard InChI is InChI=1S/C26H36F3N3O2/c1-24(2,3)21-15-22(32(31(21)6)16-17-8-7-9-17)30-23(33)20-14-19(26(27,28)29)11-10-18(20)12-13-25(4,5)34/h10-11,14-15,17,34H,7-9,12-13,16H2,1-6H3/b30-22+. The molecule has 1 N–H and O–H groups in total. The minimum Gasteiger partial charge on any atom is -0.390 e. The van der Waals surface area contributed by atoms with E-state index >= 15 is 0 Å². The number of hydrogen-bond donors (Lipinski definition) is 1. The van der Waals surface area contributed by atoms with Crippen LogP contribution in [-0.4, -0.2) is 26.0 Å². The number of alkyl halides is 3. The molecule has 8 heteroatoms. The van der Waals surface area contributed by atoms with E-state index < -0.39 is 23.2 Å². The Labute approximate surface area is 199 Å². The third-order valence-corrected chi connectivity index (χ3v) is 6.56. The minimum atomic E-state index is -4.57. The summed E-state index contributed by atoms with van der Waals surface area (Å²) in [6.07, 6.45) is -0.583. The number of hydrogen-bond acceptors (Lipinski definition) is 2. The number of carbonyl (C=O) groups excluding carboxylic acids is 1. The highest BCUT2D eigenvalue weighted by Gasteiger charge is 2.32. The van der Waals surface area contributed by atoms with Crippen LogP contribution >= 0.6 is 0 Å². The molecule has 0 spiro atoms. The Bertz CT molecular complexity index is 1110. The van der Waals surface area contributed by atoms with Gasteiger partial charge in [-0.2, -0.15) is 18.2 Å². The molecule has 3 rings (SSSR count). The molecule has 1 aromatic carbocycles. The summed E-state index contributed by atoms with van der Waals surface area (Å²) in [4.78, 5) is 17.6. The molecule has 0 radical (unpaired) electrons. The minimum absolute atomic E-state index is 0.0737. The molecule has 1 fully saturated rings. The van der Waals surface area contributed by atoms with Crippen molar-refractivity contribution in [3.8, 4) is 0 Å². The van der Waals surface area contributed by atoms with Crippen LogP contribution < -0.4 is 5.49 Å². The van der Waals surface area contributed by atoms with E-state index in [1.165, 1.54) is 12.5 Å². The number of aryl methyl sites for hydroxylation is 1. The van der Waals surface area contributed by atoms with Gasteiger partial charge >= 0.3 is 6.18 Å². The highest BCUT2D eigenvalue weighted by molar-refractivity contribution is 5.96. The first-order valence-corrected chi connectivity index (χ1v) is 11.8. The van der Waals surface area contributed by atoms with E-state index in [0.717, 1.165) is 30.7 Å². The van der Waals surface area contributed by atoms with E-state index in [1.54, 1.807) is 13.8 Å². The molecule has 1 heterocycles. The van der Waals surface area contributed by atoms with Gasteiger partial charge in [-0.1, -0.05) is 33.3 Å². The monoisotopic (exact) mass is 479 g/mol. The zero-order valence-electron chi connectivity index (χ0n) is 21.0. The van der Waals surface area contributed by atoms with E-state index in [1.807, 2.05) is 22.5 Å². The lowest BCUT2D eigenvalue weighted by atomic mass is 9.85. The van der Waals surface area contributed by atoms with Crippen molar-refractivity contribution in [2.45, 2.75) is 90.5 Å². The van der Waals surface area contributed by atoms with E-state index in [-0.39, 0.29) is 17.4 Å². The van der Waals surface area contributed by atoms with Crippen LogP contribution in [0.3, 0.4) is 0 Å². The van der Waals surface area contributed by atoms with Crippen LogP contribution in [0.2, 0.25) is 0 Å². The maximum Gasteiger partial charge on any atom is 0.416 e. The zero-order valence-corrected chi connectivity index (χ0v) is 21.0. The lowest BCUT2D eigenvalue weighted by molar-refractivity contribution is -0.137. The Morgan fingerprint density at radius 3 is 2.26 bits per heavy atom. The molecule has 0 bridgehead atoms. The first-order valence-electron chi connectivity index (χ1n) is 11.8. The fourth-order valence-electron chi connectivity index (χ4n) is 4.28. The van der Waals surface area contributed by atoms with Crippen LogP contribution in [0, 0.1) is 5.92 Å². The third-order valence-electron chi connectivity index (χ3n) is 6.56. The second-order valence-electron chi connectivity index (χ2n) is 11.1. The highest BCUT2D eigenvalue weighted by atomic mass is 19.4. The van der Waals surface area contributed by atoms with E-state index in [9.17, 15) is 23.1 Å². The summed E-state index contributed by atoms with van der Waals surface area (Å²) in [5.74, 6) is -0.198. The van der Waals surface area contributed by atoms with Gasteiger partial charge in [-0.3, -0.25) is 14.2 Å². The normalized spacial score (nSPS) is 16.1. The topological polar surface area (TPSA) is 59.5 Å². The molecule has 1 aliphatic rings. The zero-order chi connectivity index (χ0) is 25.5. The van der Waals surface area contributed by atoms with Gasteiger partial charge in [0.2, 0.25) is 0 Å². The molecule has 0 aliphatic heterocycles. The second-order valence-corrected chi connectivity index (χ2v) is 11.1. The van der Waals surface area contributed by atoms with E-state index in [4.69, 9.17) is 0 Å².